The first-order valence-electron chi connectivity index (χ1n) is 12.6. The molecule has 0 radical (unpaired) electrons. The van der Waals surface area contributed by atoms with Gasteiger partial charge in [-0.25, -0.2) is 0 Å². The predicted molar refractivity (Wildman–Crippen MR) is 138 cm³/mol. The van der Waals surface area contributed by atoms with Crippen molar-refractivity contribution in [1.82, 2.24) is 15.5 Å². The maximum atomic E-state index is 12.9. The number of carbonyl (C=O) groups is 3. The number of ketones is 1. The van der Waals surface area contributed by atoms with Crippen LogP contribution in [0.2, 0.25) is 0 Å². The van der Waals surface area contributed by atoms with E-state index in [0.717, 1.165) is 42.0 Å². The minimum absolute atomic E-state index is 0.00403. The highest BCUT2D eigenvalue weighted by molar-refractivity contribution is 5.96. The molecule has 194 valence electrons. The molecule has 0 aliphatic carbocycles. The Morgan fingerprint density at radius 2 is 1.92 bits per heavy atom. The van der Waals surface area contributed by atoms with Crippen LogP contribution in [0.25, 0.3) is 0 Å². The first kappa shape index (κ1) is 27.2. The second-order valence-corrected chi connectivity index (χ2v) is 8.89. The number of nitrogens with one attached hydrogen (secondary N) is 2. The van der Waals surface area contributed by atoms with Crippen LogP contribution in [0.5, 0.6) is 11.5 Å². The highest BCUT2D eigenvalue weighted by Crippen LogP contribution is 2.28. The number of nitrogens with zero attached hydrogens (tertiary/aromatic N) is 1. The summed E-state index contributed by atoms with van der Waals surface area (Å²) in [5.74, 6) is 1.44. The Kier molecular flexibility index (Phi) is 10.3. The Hall–Kier alpha value is -3.39. The first-order chi connectivity index (χ1) is 17.4. The lowest BCUT2D eigenvalue weighted by atomic mass is 9.89. The summed E-state index contributed by atoms with van der Waals surface area (Å²) in [6.45, 7) is 6.39. The molecule has 0 bridgehead atoms. The Labute approximate surface area is 213 Å². The molecule has 0 spiro atoms. The highest BCUT2D eigenvalue weighted by atomic mass is 16.5. The Bertz CT molecular complexity index is 1060. The van der Waals surface area contributed by atoms with E-state index >= 15 is 0 Å². The summed E-state index contributed by atoms with van der Waals surface area (Å²) in [6.07, 6.45) is 2.26. The van der Waals surface area contributed by atoms with E-state index in [0.29, 0.717) is 31.7 Å². The van der Waals surface area contributed by atoms with Crippen LogP contribution in [-0.2, 0) is 16.1 Å². The van der Waals surface area contributed by atoms with Crippen LogP contribution >= 0.6 is 0 Å². The maximum Gasteiger partial charge on any atom is 0.251 e. The molecule has 0 aromatic heterocycles. The zero-order valence-corrected chi connectivity index (χ0v) is 21.5. The van der Waals surface area contributed by atoms with E-state index in [1.807, 2.05) is 48.2 Å². The minimum atomic E-state index is -0.253. The van der Waals surface area contributed by atoms with Gasteiger partial charge in [-0.05, 0) is 43.5 Å². The molecule has 2 N–H and O–H groups in total. The van der Waals surface area contributed by atoms with Crippen molar-refractivity contribution in [2.24, 2.45) is 0 Å². The lowest BCUT2D eigenvalue weighted by Crippen LogP contribution is -2.43. The number of rotatable bonds is 12. The van der Waals surface area contributed by atoms with Crippen LogP contribution in [0.4, 0.5) is 0 Å². The highest BCUT2D eigenvalue weighted by Gasteiger charge is 2.25. The van der Waals surface area contributed by atoms with Gasteiger partial charge in [0.2, 0.25) is 5.91 Å². The van der Waals surface area contributed by atoms with Gasteiger partial charge in [0, 0.05) is 49.2 Å². The fourth-order valence-electron chi connectivity index (χ4n) is 4.33. The van der Waals surface area contributed by atoms with E-state index in [1.54, 1.807) is 20.1 Å². The van der Waals surface area contributed by atoms with Gasteiger partial charge in [0.15, 0.2) is 5.78 Å². The topological polar surface area (TPSA) is 97.0 Å². The van der Waals surface area contributed by atoms with Crippen molar-refractivity contribution in [3.05, 3.63) is 59.2 Å². The third kappa shape index (κ3) is 7.55. The largest absolute Gasteiger partial charge is 0.497 e. The van der Waals surface area contributed by atoms with E-state index in [2.05, 4.69) is 10.6 Å². The predicted octanol–water partition coefficient (Wildman–Crippen LogP) is 3.30. The molecule has 8 nitrogen and oxygen atoms in total. The Morgan fingerprint density at radius 3 is 2.67 bits per heavy atom. The van der Waals surface area contributed by atoms with Crippen LogP contribution in [0, 0.1) is 0 Å². The Morgan fingerprint density at radius 1 is 1.08 bits per heavy atom. The van der Waals surface area contributed by atoms with Crippen LogP contribution in [-0.4, -0.2) is 62.4 Å². The van der Waals surface area contributed by atoms with Gasteiger partial charge < -0.3 is 25.0 Å². The number of hydrogen-bond donors (Lipinski definition) is 2. The van der Waals surface area contributed by atoms with Crippen LogP contribution in [0.3, 0.4) is 0 Å². The van der Waals surface area contributed by atoms with Gasteiger partial charge in [-0.3, -0.25) is 14.4 Å². The van der Waals surface area contributed by atoms with Crippen molar-refractivity contribution >= 4 is 17.6 Å². The van der Waals surface area contributed by atoms with Crippen molar-refractivity contribution in [2.45, 2.75) is 45.6 Å². The lowest BCUT2D eigenvalue weighted by molar-refractivity contribution is -0.131. The summed E-state index contributed by atoms with van der Waals surface area (Å²) < 4.78 is 11.0. The van der Waals surface area contributed by atoms with Crippen molar-refractivity contribution < 1.29 is 23.9 Å². The number of amides is 2. The number of benzene rings is 2. The molecule has 8 heteroatoms. The van der Waals surface area contributed by atoms with E-state index in [9.17, 15) is 14.4 Å². The molecule has 1 saturated heterocycles. The minimum Gasteiger partial charge on any atom is -0.497 e. The average molecular weight is 496 g/mol. The molecule has 0 saturated carbocycles. The zero-order valence-electron chi connectivity index (χ0n) is 21.5. The molecular formula is C28H37N3O5. The number of ether oxygens (including phenoxy) is 2. The van der Waals surface area contributed by atoms with Gasteiger partial charge in [-0.15, -0.1) is 0 Å². The van der Waals surface area contributed by atoms with Crippen molar-refractivity contribution in [3.63, 3.8) is 0 Å². The number of piperidine rings is 1. The quantitative estimate of drug-likeness (QED) is 0.469. The van der Waals surface area contributed by atoms with E-state index < -0.39 is 0 Å². The van der Waals surface area contributed by atoms with Gasteiger partial charge in [0.05, 0.1) is 26.8 Å². The number of Topliss-reactive ketones (excluding diaryl/α,β-unsaturated/α-hetero) is 1. The number of methoxy groups -OCH3 is 1. The van der Waals surface area contributed by atoms with E-state index in [4.69, 9.17) is 9.47 Å². The fraction of sp³-hybridized carbons (Fsp3) is 0.464. The van der Waals surface area contributed by atoms with Gasteiger partial charge in [-0.1, -0.05) is 25.1 Å². The molecule has 2 amide bonds. The standard InChI is InChI=1S/C28H37N3O5/c1-4-24(32)17-30-28(34)21-9-6-8-20(14-21)23-10-7-13-31(19-23)27(33)18-29-16-22-11-12-25(35-3)15-26(22)36-5-2/h6,8-9,11-12,14-15,23,29H,4-5,7,10,13,16-19H2,1-3H3,(H,30,34). The maximum absolute atomic E-state index is 12.9. The molecule has 1 unspecified atom stereocenters. The van der Waals surface area contributed by atoms with E-state index in [-0.39, 0.29) is 36.6 Å². The summed E-state index contributed by atoms with van der Waals surface area (Å²) in [5.41, 5.74) is 2.54. The van der Waals surface area contributed by atoms with Crippen molar-refractivity contribution in [1.29, 1.82) is 0 Å². The summed E-state index contributed by atoms with van der Waals surface area (Å²) in [7, 11) is 1.62. The van der Waals surface area contributed by atoms with Gasteiger partial charge in [0.25, 0.3) is 5.91 Å². The molecule has 2 aromatic carbocycles. The Balaban J connectivity index is 1.55. The van der Waals surface area contributed by atoms with Crippen molar-refractivity contribution in [2.75, 3.05) is 39.9 Å². The number of likely N-dealkylation sites (tertiary alicyclic amines) is 1. The zero-order chi connectivity index (χ0) is 25.9. The fourth-order valence-corrected chi connectivity index (χ4v) is 4.33. The normalized spacial score (nSPS) is 15.3. The second kappa shape index (κ2) is 13.6. The van der Waals surface area contributed by atoms with Crippen molar-refractivity contribution in [3.8, 4) is 11.5 Å². The van der Waals surface area contributed by atoms with Gasteiger partial charge >= 0.3 is 0 Å². The summed E-state index contributed by atoms with van der Waals surface area (Å²) >= 11 is 0. The lowest BCUT2D eigenvalue weighted by Gasteiger charge is -2.33. The van der Waals surface area contributed by atoms with Crippen LogP contribution in [0.15, 0.2) is 42.5 Å². The molecule has 2 aromatic rings. The van der Waals surface area contributed by atoms with Gasteiger partial charge in [-0.2, -0.15) is 0 Å². The first-order valence-corrected chi connectivity index (χ1v) is 12.6. The molecule has 1 heterocycles. The molecule has 36 heavy (non-hydrogen) atoms. The monoisotopic (exact) mass is 495 g/mol. The summed E-state index contributed by atoms with van der Waals surface area (Å²) in [5, 5.41) is 5.93. The smallest absolute Gasteiger partial charge is 0.251 e. The average Bonchev–Trinajstić information content (AvgIpc) is 2.92. The summed E-state index contributed by atoms with van der Waals surface area (Å²) in [6, 6.07) is 13.2. The van der Waals surface area contributed by atoms with E-state index in [1.165, 1.54) is 0 Å². The number of carbonyl (C=O) groups excluding carboxylic acids is 3. The van der Waals surface area contributed by atoms with Gasteiger partial charge in [0.1, 0.15) is 11.5 Å². The third-order valence-electron chi connectivity index (χ3n) is 6.40. The molecule has 3 rings (SSSR count). The van der Waals surface area contributed by atoms with Crippen LogP contribution in [0.1, 0.15) is 60.5 Å². The summed E-state index contributed by atoms with van der Waals surface area (Å²) in [4.78, 5) is 38.8. The molecule has 1 aliphatic rings. The third-order valence-corrected chi connectivity index (χ3v) is 6.40. The molecule has 1 aliphatic heterocycles. The number of hydrogen-bond acceptors (Lipinski definition) is 6. The molecule has 1 atom stereocenters. The second-order valence-electron chi connectivity index (χ2n) is 8.89. The van der Waals surface area contributed by atoms with Crippen LogP contribution < -0.4 is 20.1 Å². The SMILES string of the molecule is CCOc1cc(OC)ccc1CNCC(=O)N1CCCC(c2cccc(C(=O)NCC(=O)CC)c2)C1. The molecule has 1 fully saturated rings. The molecular weight excluding hydrogens is 458 g/mol.